The van der Waals surface area contributed by atoms with Crippen LogP contribution in [0.25, 0.3) is 0 Å². The number of carbonyl (C=O) groups is 1. The first kappa shape index (κ1) is 36.1. The van der Waals surface area contributed by atoms with Crippen molar-refractivity contribution in [2.24, 2.45) is 5.92 Å². The van der Waals surface area contributed by atoms with E-state index < -0.39 is 22.1 Å². The molecule has 0 spiro atoms. The number of esters is 1. The van der Waals surface area contributed by atoms with Crippen molar-refractivity contribution in [3.63, 3.8) is 0 Å². The molecule has 0 unspecified atom stereocenters. The number of nitrogens with zero attached hydrogens (tertiary/aromatic N) is 2. The lowest BCUT2D eigenvalue weighted by atomic mass is 9.99. The number of hydrogen-bond donors (Lipinski definition) is 1. The number of rotatable bonds is 16. The average molecular weight is 725 g/mol. The molecule has 14 heteroatoms. The number of methoxy groups -OCH3 is 2. The Hall–Kier alpha value is -3.16. The van der Waals surface area contributed by atoms with Crippen LogP contribution in [0.1, 0.15) is 47.7 Å². The molecule has 1 saturated heterocycles. The smallest absolute Gasteiger partial charge is 0.338 e. The molecule has 2 aliphatic heterocycles. The highest BCUT2D eigenvalue weighted by Gasteiger charge is 2.29. The number of sulfonamides is 1. The van der Waals surface area contributed by atoms with Crippen LogP contribution in [0.3, 0.4) is 0 Å². The number of halogens is 2. The molecule has 1 aliphatic carbocycles. The van der Waals surface area contributed by atoms with Gasteiger partial charge in [0.05, 0.1) is 63.1 Å². The number of morpholine rings is 1. The van der Waals surface area contributed by atoms with Gasteiger partial charge in [0.25, 0.3) is 0 Å². The molecular weight excluding hydrogens is 681 g/mol. The molecule has 3 aliphatic rings. The average Bonchev–Trinajstić information content (AvgIpc) is 3.91. The summed E-state index contributed by atoms with van der Waals surface area (Å²) >= 11 is 13.1. The second-order valence-electron chi connectivity index (χ2n) is 12.0. The number of hydrogen-bond acceptors (Lipinski definition) is 10. The van der Waals surface area contributed by atoms with Crippen molar-refractivity contribution in [3.05, 3.63) is 69.4 Å². The summed E-state index contributed by atoms with van der Waals surface area (Å²) in [5.41, 5.74) is 1.89. The van der Waals surface area contributed by atoms with Gasteiger partial charge in [0.15, 0.2) is 11.5 Å². The number of nitrogens with one attached hydrogen (secondary N) is 1. The van der Waals surface area contributed by atoms with Crippen molar-refractivity contribution >= 4 is 44.9 Å². The molecule has 0 bridgehead atoms. The molecule has 5 rings (SSSR count). The summed E-state index contributed by atoms with van der Waals surface area (Å²) in [7, 11) is -0.591. The van der Waals surface area contributed by atoms with E-state index in [0.29, 0.717) is 82.8 Å². The van der Waals surface area contributed by atoms with Gasteiger partial charge in [-0.1, -0.05) is 29.3 Å². The van der Waals surface area contributed by atoms with E-state index in [2.05, 4.69) is 10.2 Å². The Bertz CT molecular complexity index is 1620. The second-order valence-corrected chi connectivity index (χ2v) is 14.8. The molecule has 48 heavy (non-hydrogen) atoms. The largest absolute Gasteiger partial charge is 0.493 e. The van der Waals surface area contributed by atoms with Crippen molar-refractivity contribution in [3.8, 4) is 17.2 Å². The monoisotopic (exact) mass is 723 g/mol. The van der Waals surface area contributed by atoms with E-state index in [0.717, 1.165) is 32.5 Å². The number of dihydropyridines is 1. The number of allylic oxidation sites excluding steroid dienone is 1. The molecule has 262 valence electrons. The zero-order valence-electron chi connectivity index (χ0n) is 27.5. The molecule has 11 nitrogen and oxygen atoms in total. The van der Waals surface area contributed by atoms with Gasteiger partial charge in [-0.25, -0.2) is 13.2 Å². The third-order valence-electron chi connectivity index (χ3n) is 8.50. The lowest BCUT2D eigenvalue weighted by Crippen LogP contribution is -2.39. The van der Waals surface area contributed by atoms with Gasteiger partial charge in [0.1, 0.15) is 11.9 Å². The van der Waals surface area contributed by atoms with Crippen molar-refractivity contribution in [2.45, 2.75) is 31.8 Å². The Morgan fingerprint density at radius 2 is 1.81 bits per heavy atom. The summed E-state index contributed by atoms with van der Waals surface area (Å²) in [5.74, 6) is 1.08. The van der Waals surface area contributed by atoms with Crippen molar-refractivity contribution < 1.29 is 36.9 Å². The highest BCUT2D eigenvalue weighted by molar-refractivity contribution is 7.92. The second kappa shape index (κ2) is 16.5. The molecule has 1 N–H and O–H groups in total. The first-order valence-corrected chi connectivity index (χ1v) is 18.6. The number of ether oxygens (including phenoxy) is 5. The van der Waals surface area contributed by atoms with Crippen LogP contribution in [-0.4, -0.2) is 92.3 Å². The summed E-state index contributed by atoms with van der Waals surface area (Å²) in [5, 5.41) is 3.95. The zero-order chi connectivity index (χ0) is 34.3. The van der Waals surface area contributed by atoms with Crippen LogP contribution in [0.4, 0.5) is 5.69 Å². The first-order chi connectivity index (χ1) is 23.1. The van der Waals surface area contributed by atoms with Crippen LogP contribution < -0.4 is 23.8 Å². The summed E-state index contributed by atoms with van der Waals surface area (Å²) in [4.78, 5) is 16.1. The number of benzene rings is 2. The summed E-state index contributed by atoms with van der Waals surface area (Å²) < 4.78 is 56.2. The summed E-state index contributed by atoms with van der Waals surface area (Å²) in [6, 6.07) is 10.0. The highest BCUT2D eigenvalue weighted by atomic mass is 35.5. The van der Waals surface area contributed by atoms with E-state index in [1.165, 1.54) is 17.7 Å². The number of anilines is 1. The fourth-order valence-corrected chi connectivity index (χ4v) is 7.15. The standard InChI is InChI=1S/C34H43Cl2N3O8S/c1-43-30-10-8-24(17-33(30)44-2)31(19-26-27(35)20-37-21-28(26)36)47-34(40)25-7-9-29(32(18-25)46-22-23-5-6-23)39(48(3,41)42)12-4-11-38-13-15-45-16-14-38/h7-10,17-18,20,23,31,37H,4-6,11-16,19,21-22H2,1-3H3/t31-/m0/s1. The predicted octanol–water partition coefficient (Wildman–Crippen LogP) is 5.45. The molecule has 2 aromatic carbocycles. The minimum atomic E-state index is -3.66. The van der Waals surface area contributed by atoms with Crippen LogP contribution in [0, 0.1) is 5.92 Å². The van der Waals surface area contributed by atoms with E-state index in [4.69, 9.17) is 46.9 Å². The van der Waals surface area contributed by atoms with Gasteiger partial charge in [-0.05, 0) is 66.6 Å². The quantitative estimate of drug-likeness (QED) is 0.225. The summed E-state index contributed by atoms with van der Waals surface area (Å²) in [6.07, 6.45) is 4.95. The predicted molar refractivity (Wildman–Crippen MR) is 186 cm³/mol. The maximum atomic E-state index is 13.8. The van der Waals surface area contributed by atoms with Gasteiger partial charge < -0.3 is 29.0 Å². The van der Waals surface area contributed by atoms with Crippen LogP contribution in [-0.2, 0) is 19.5 Å². The highest BCUT2D eigenvalue weighted by Crippen LogP contribution is 2.39. The molecule has 0 radical (unpaired) electrons. The lowest BCUT2D eigenvalue weighted by Gasteiger charge is -2.29. The Kier molecular flexibility index (Phi) is 12.4. The Morgan fingerprint density at radius 1 is 1.06 bits per heavy atom. The van der Waals surface area contributed by atoms with Gasteiger partial charge >= 0.3 is 5.97 Å². The van der Waals surface area contributed by atoms with Crippen LogP contribution in [0.15, 0.2) is 58.2 Å². The fraction of sp³-hybridized carbons (Fsp3) is 0.500. The zero-order valence-corrected chi connectivity index (χ0v) is 29.8. The van der Waals surface area contributed by atoms with Gasteiger partial charge in [-0.2, -0.15) is 0 Å². The molecule has 0 amide bonds. The van der Waals surface area contributed by atoms with Gasteiger partial charge in [-0.15, -0.1) is 0 Å². The SMILES string of the molecule is COc1ccc([C@H](CC2=C(Cl)CNC=C2Cl)OC(=O)c2ccc(N(CCCN3CCOCC3)S(C)(=O)=O)c(OCC3CC3)c2)cc1OC. The van der Waals surface area contributed by atoms with Crippen molar-refractivity contribution in [2.75, 3.05) is 77.3 Å². The molecule has 0 aromatic heterocycles. The van der Waals surface area contributed by atoms with E-state index in [9.17, 15) is 13.2 Å². The molecule has 2 aromatic rings. The Morgan fingerprint density at radius 3 is 2.48 bits per heavy atom. The van der Waals surface area contributed by atoms with E-state index in [1.54, 1.807) is 49.7 Å². The van der Waals surface area contributed by atoms with Crippen LogP contribution >= 0.6 is 23.2 Å². The van der Waals surface area contributed by atoms with E-state index in [1.807, 2.05) is 0 Å². The Balaban J connectivity index is 1.42. The summed E-state index contributed by atoms with van der Waals surface area (Å²) in [6.45, 7) is 4.81. The lowest BCUT2D eigenvalue weighted by molar-refractivity contribution is 0.0297. The molecule has 2 fully saturated rings. The normalized spacial score (nSPS) is 17.6. The van der Waals surface area contributed by atoms with Gasteiger partial charge in [-0.3, -0.25) is 9.21 Å². The van der Waals surface area contributed by atoms with E-state index in [-0.39, 0.29) is 18.5 Å². The minimum absolute atomic E-state index is 0.200. The number of carbonyl (C=O) groups excluding carboxylic acids is 1. The fourth-order valence-electron chi connectivity index (χ4n) is 5.61. The third kappa shape index (κ3) is 9.50. The molecular formula is C34H43Cl2N3O8S. The molecule has 1 atom stereocenters. The Labute approximate surface area is 292 Å². The van der Waals surface area contributed by atoms with Gasteiger partial charge in [0.2, 0.25) is 10.0 Å². The first-order valence-electron chi connectivity index (χ1n) is 16.0. The third-order valence-corrected chi connectivity index (χ3v) is 10.4. The van der Waals surface area contributed by atoms with Crippen LogP contribution in [0.5, 0.6) is 17.2 Å². The topological polar surface area (TPSA) is 116 Å². The molecule has 2 heterocycles. The van der Waals surface area contributed by atoms with Crippen molar-refractivity contribution in [1.29, 1.82) is 0 Å². The maximum Gasteiger partial charge on any atom is 0.338 e. The maximum absolute atomic E-state index is 13.8. The minimum Gasteiger partial charge on any atom is -0.493 e. The van der Waals surface area contributed by atoms with Gasteiger partial charge in [0, 0.05) is 43.8 Å². The van der Waals surface area contributed by atoms with Crippen LogP contribution in [0.2, 0.25) is 0 Å². The molecule has 1 saturated carbocycles. The van der Waals surface area contributed by atoms with E-state index >= 15 is 0 Å². The van der Waals surface area contributed by atoms with Crippen molar-refractivity contribution in [1.82, 2.24) is 10.2 Å².